The molecular weight excluding hydrogens is 212 g/mol. The molecule has 1 aliphatic heterocycles. The molecule has 0 atom stereocenters. The van der Waals surface area contributed by atoms with Crippen LogP contribution in [0.4, 0.5) is 5.82 Å². The van der Waals surface area contributed by atoms with Crippen LogP contribution in [0.3, 0.4) is 0 Å². The van der Waals surface area contributed by atoms with E-state index < -0.39 is 0 Å². The molecule has 0 N–H and O–H groups in total. The van der Waals surface area contributed by atoms with Gasteiger partial charge in [0.25, 0.3) is 0 Å². The normalized spacial score (nSPS) is 16.7. The van der Waals surface area contributed by atoms with Crippen LogP contribution in [0.1, 0.15) is 39.2 Å². The van der Waals surface area contributed by atoms with Crippen molar-refractivity contribution in [2.75, 3.05) is 18.0 Å². The largest absolute Gasteiger partial charge is 0.372 e. The maximum atomic E-state index is 5.73. The van der Waals surface area contributed by atoms with Gasteiger partial charge in [-0.1, -0.05) is 19.9 Å². The molecule has 1 aliphatic rings. The highest BCUT2D eigenvalue weighted by Crippen LogP contribution is 2.22. The Labute approximate surface area is 104 Å². The SMILES string of the molecule is CC(C)OC1CN(c2ccc(C(C)C)cn2)C1. The van der Waals surface area contributed by atoms with Crippen LogP contribution in [-0.2, 0) is 4.74 Å². The Morgan fingerprint density at radius 2 is 1.94 bits per heavy atom. The molecule has 3 heteroatoms. The lowest BCUT2D eigenvalue weighted by atomic mass is 10.1. The van der Waals surface area contributed by atoms with Crippen molar-refractivity contribution in [2.45, 2.75) is 45.8 Å². The molecule has 1 aromatic heterocycles. The Kier molecular flexibility index (Phi) is 3.67. The van der Waals surface area contributed by atoms with E-state index in [1.807, 2.05) is 6.20 Å². The van der Waals surface area contributed by atoms with Gasteiger partial charge in [0, 0.05) is 19.3 Å². The summed E-state index contributed by atoms with van der Waals surface area (Å²) in [6.45, 7) is 10.5. The van der Waals surface area contributed by atoms with Crippen molar-refractivity contribution in [3.63, 3.8) is 0 Å². The molecule has 0 amide bonds. The molecule has 3 nitrogen and oxygen atoms in total. The van der Waals surface area contributed by atoms with Gasteiger partial charge < -0.3 is 9.64 Å². The van der Waals surface area contributed by atoms with E-state index in [1.165, 1.54) is 5.56 Å². The first-order valence-corrected chi connectivity index (χ1v) is 6.42. The Morgan fingerprint density at radius 3 is 2.41 bits per heavy atom. The first-order valence-electron chi connectivity index (χ1n) is 6.42. The third-order valence-corrected chi connectivity index (χ3v) is 3.07. The van der Waals surface area contributed by atoms with Gasteiger partial charge in [0.2, 0.25) is 0 Å². The van der Waals surface area contributed by atoms with Crippen LogP contribution in [-0.4, -0.2) is 30.3 Å². The Hall–Kier alpha value is -1.09. The Morgan fingerprint density at radius 1 is 1.24 bits per heavy atom. The van der Waals surface area contributed by atoms with Gasteiger partial charge in [-0.15, -0.1) is 0 Å². The molecule has 1 fully saturated rings. The van der Waals surface area contributed by atoms with E-state index >= 15 is 0 Å². The van der Waals surface area contributed by atoms with Crippen LogP contribution in [0, 0.1) is 0 Å². The second-order valence-corrected chi connectivity index (χ2v) is 5.32. The molecule has 2 heterocycles. The predicted octanol–water partition coefficient (Wildman–Crippen LogP) is 2.82. The van der Waals surface area contributed by atoms with Gasteiger partial charge in [-0.2, -0.15) is 0 Å². The molecule has 0 radical (unpaired) electrons. The van der Waals surface area contributed by atoms with Gasteiger partial charge in [-0.25, -0.2) is 4.98 Å². The van der Waals surface area contributed by atoms with Crippen LogP contribution >= 0.6 is 0 Å². The van der Waals surface area contributed by atoms with E-state index in [4.69, 9.17) is 4.74 Å². The van der Waals surface area contributed by atoms with Gasteiger partial charge >= 0.3 is 0 Å². The standard InChI is InChI=1S/C14H22N2O/c1-10(2)12-5-6-14(15-7-12)16-8-13(9-16)17-11(3)4/h5-7,10-11,13H,8-9H2,1-4H3. The maximum absolute atomic E-state index is 5.73. The van der Waals surface area contributed by atoms with Gasteiger partial charge in [0.05, 0.1) is 12.2 Å². The second-order valence-electron chi connectivity index (χ2n) is 5.32. The predicted molar refractivity (Wildman–Crippen MR) is 70.5 cm³/mol. The van der Waals surface area contributed by atoms with Crippen molar-refractivity contribution in [2.24, 2.45) is 0 Å². The van der Waals surface area contributed by atoms with Crippen molar-refractivity contribution < 1.29 is 4.74 Å². The number of hydrogen-bond acceptors (Lipinski definition) is 3. The minimum atomic E-state index is 0.318. The summed E-state index contributed by atoms with van der Waals surface area (Å²) < 4.78 is 5.73. The van der Waals surface area contributed by atoms with E-state index in [9.17, 15) is 0 Å². The highest BCUT2D eigenvalue weighted by molar-refractivity contribution is 5.43. The highest BCUT2D eigenvalue weighted by atomic mass is 16.5. The Balaban J connectivity index is 1.88. The smallest absolute Gasteiger partial charge is 0.128 e. The fraction of sp³-hybridized carbons (Fsp3) is 0.643. The van der Waals surface area contributed by atoms with Crippen molar-refractivity contribution in [1.29, 1.82) is 0 Å². The summed E-state index contributed by atoms with van der Waals surface area (Å²) in [4.78, 5) is 6.77. The lowest BCUT2D eigenvalue weighted by Gasteiger charge is -2.40. The summed E-state index contributed by atoms with van der Waals surface area (Å²) in [5, 5.41) is 0. The van der Waals surface area contributed by atoms with Gasteiger partial charge in [0.15, 0.2) is 0 Å². The van der Waals surface area contributed by atoms with Crippen LogP contribution in [0.5, 0.6) is 0 Å². The van der Waals surface area contributed by atoms with Crippen molar-refractivity contribution in [3.8, 4) is 0 Å². The monoisotopic (exact) mass is 234 g/mol. The van der Waals surface area contributed by atoms with Gasteiger partial charge in [0.1, 0.15) is 5.82 Å². The minimum absolute atomic E-state index is 0.318. The van der Waals surface area contributed by atoms with Crippen molar-refractivity contribution in [1.82, 2.24) is 4.98 Å². The fourth-order valence-electron chi connectivity index (χ4n) is 2.02. The van der Waals surface area contributed by atoms with E-state index in [2.05, 4.69) is 49.7 Å². The summed E-state index contributed by atoms with van der Waals surface area (Å²) >= 11 is 0. The molecule has 1 aromatic rings. The van der Waals surface area contributed by atoms with E-state index in [1.54, 1.807) is 0 Å². The molecule has 0 unspecified atom stereocenters. The average Bonchev–Trinajstić information content (AvgIpc) is 2.23. The number of hydrogen-bond donors (Lipinski definition) is 0. The minimum Gasteiger partial charge on any atom is -0.372 e. The van der Waals surface area contributed by atoms with Crippen LogP contribution in [0.2, 0.25) is 0 Å². The third-order valence-electron chi connectivity index (χ3n) is 3.07. The first-order chi connectivity index (χ1) is 8.06. The zero-order chi connectivity index (χ0) is 12.4. The average molecular weight is 234 g/mol. The number of pyridine rings is 1. The molecule has 0 spiro atoms. The van der Waals surface area contributed by atoms with Crippen molar-refractivity contribution in [3.05, 3.63) is 23.9 Å². The number of rotatable bonds is 4. The second kappa shape index (κ2) is 5.05. The molecule has 17 heavy (non-hydrogen) atoms. The molecular formula is C14H22N2O. The summed E-state index contributed by atoms with van der Waals surface area (Å²) in [6.07, 6.45) is 2.68. The highest BCUT2D eigenvalue weighted by Gasteiger charge is 2.28. The molecule has 0 aromatic carbocycles. The topological polar surface area (TPSA) is 25.4 Å². The van der Waals surface area contributed by atoms with E-state index in [-0.39, 0.29) is 0 Å². The number of nitrogens with zero attached hydrogens (tertiary/aromatic N) is 2. The zero-order valence-electron chi connectivity index (χ0n) is 11.2. The molecule has 0 bridgehead atoms. The molecule has 0 aliphatic carbocycles. The van der Waals surface area contributed by atoms with Gasteiger partial charge in [-0.05, 0) is 31.4 Å². The number of ether oxygens (including phenoxy) is 1. The van der Waals surface area contributed by atoms with Crippen LogP contribution < -0.4 is 4.90 Å². The summed E-state index contributed by atoms with van der Waals surface area (Å²) in [7, 11) is 0. The lowest BCUT2D eigenvalue weighted by Crippen LogP contribution is -2.53. The molecule has 0 saturated carbocycles. The van der Waals surface area contributed by atoms with E-state index in [0.717, 1.165) is 18.9 Å². The summed E-state index contributed by atoms with van der Waals surface area (Å²) in [5.74, 6) is 1.61. The van der Waals surface area contributed by atoms with Crippen LogP contribution in [0.15, 0.2) is 18.3 Å². The summed E-state index contributed by atoms with van der Waals surface area (Å²) in [5.41, 5.74) is 1.30. The zero-order valence-corrected chi connectivity index (χ0v) is 11.2. The first kappa shape index (κ1) is 12.4. The molecule has 94 valence electrons. The lowest BCUT2D eigenvalue weighted by molar-refractivity contribution is -0.00745. The molecule has 2 rings (SSSR count). The number of aromatic nitrogens is 1. The summed E-state index contributed by atoms with van der Waals surface area (Å²) in [6, 6.07) is 4.28. The van der Waals surface area contributed by atoms with Crippen LogP contribution in [0.25, 0.3) is 0 Å². The third kappa shape index (κ3) is 2.97. The van der Waals surface area contributed by atoms with E-state index in [0.29, 0.717) is 18.1 Å². The number of anilines is 1. The quantitative estimate of drug-likeness (QED) is 0.801. The molecule has 1 saturated heterocycles. The van der Waals surface area contributed by atoms with Crippen molar-refractivity contribution >= 4 is 5.82 Å². The maximum Gasteiger partial charge on any atom is 0.128 e. The van der Waals surface area contributed by atoms with Gasteiger partial charge in [-0.3, -0.25) is 0 Å². The Bertz CT molecular complexity index is 353. The fourth-order valence-corrected chi connectivity index (χ4v) is 2.02.